The van der Waals surface area contributed by atoms with Crippen molar-refractivity contribution >= 4 is 0 Å². The van der Waals surface area contributed by atoms with E-state index in [1.807, 2.05) is 6.92 Å². The second-order valence-corrected chi connectivity index (χ2v) is 4.24. The summed E-state index contributed by atoms with van der Waals surface area (Å²) in [6, 6.07) is 0. The van der Waals surface area contributed by atoms with Crippen LogP contribution in [0.25, 0.3) is 0 Å². The Bertz CT molecular complexity index is 99.3. The smallest absolute Gasteiger partial charge is 0.0514 e. The van der Waals surface area contributed by atoms with Crippen molar-refractivity contribution in [3.05, 3.63) is 0 Å². The molecule has 0 radical (unpaired) electrons. The van der Waals surface area contributed by atoms with Crippen molar-refractivity contribution in [2.75, 3.05) is 0 Å². The van der Waals surface area contributed by atoms with Gasteiger partial charge in [0.25, 0.3) is 0 Å². The number of hydrogen-bond acceptors (Lipinski definition) is 1. The molecule has 0 aromatic carbocycles. The third-order valence-corrected chi connectivity index (χ3v) is 2.59. The van der Waals surface area contributed by atoms with Gasteiger partial charge in [0.05, 0.1) is 6.10 Å². The average Bonchev–Trinajstić information content (AvgIpc) is 2.04. The van der Waals surface area contributed by atoms with Crippen LogP contribution in [0.2, 0.25) is 0 Å². The van der Waals surface area contributed by atoms with Crippen LogP contribution < -0.4 is 0 Å². The largest absolute Gasteiger partial charge is 0.393 e. The van der Waals surface area contributed by atoms with Crippen LogP contribution in [-0.2, 0) is 0 Å². The van der Waals surface area contributed by atoms with Crippen LogP contribution in [0.4, 0.5) is 0 Å². The summed E-state index contributed by atoms with van der Waals surface area (Å²) in [5, 5.41) is 9.31. The van der Waals surface area contributed by atoms with E-state index in [9.17, 15) is 5.11 Å². The second kappa shape index (κ2) is 8.55. The lowest BCUT2D eigenvalue weighted by molar-refractivity contribution is 0.153. The Kier molecular flexibility index (Phi) is 8.53. The van der Waals surface area contributed by atoms with Gasteiger partial charge >= 0.3 is 0 Å². The van der Waals surface area contributed by atoms with Crippen LogP contribution >= 0.6 is 0 Å². The van der Waals surface area contributed by atoms with E-state index in [1.54, 1.807) is 0 Å². The minimum absolute atomic E-state index is 0.113. The third-order valence-electron chi connectivity index (χ3n) is 2.59. The Labute approximate surface area is 83.5 Å². The Morgan fingerprint density at radius 1 is 1.00 bits per heavy atom. The van der Waals surface area contributed by atoms with E-state index in [0.717, 1.165) is 12.3 Å². The molecule has 0 aromatic rings. The molecule has 0 aromatic heterocycles. The first kappa shape index (κ1) is 13.0. The first-order chi connectivity index (χ1) is 6.20. The fourth-order valence-corrected chi connectivity index (χ4v) is 1.95. The number of aliphatic hydroxyl groups excluding tert-OH is 1. The maximum absolute atomic E-state index is 9.31. The Morgan fingerprint density at radius 2 is 1.69 bits per heavy atom. The molecule has 0 spiro atoms. The summed E-state index contributed by atoms with van der Waals surface area (Å²) in [7, 11) is 0. The van der Waals surface area contributed by atoms with Gasteiger partial charge in [-0.25, -0.2) is 0 Å². The van der Waals surface area contributed by atoms with Crippen LogP contribution in [0.1, 0.15) is 65.7 Å². The molecule has 0 saturated heterocycles. The highest BCUT2D eigenvalue weighted by Crippen LogP contribution is 2.20. The van der Waals surface area contributed by atoms with Crippen molar-refractivity contribution in [3.63, 3.8) is 0 Å². The van der Waals surface area contributed by atoms with Gasteiger partial charge in [-0.1, -0.05) is 52.4 Å². The van der Waals surface area contributed by atoms with Gasteiger partial charge in [-0.2, -0.15) is 0 Å². The fourth-order valence-electron chi connectivity index (χ4n) is 1.95. The monoisotopic (exact) mass is 186 g/mol. The molecule has 80 valence electrons. The first-order valence-corrected chi connectivity index (χ1v) is 5.88. The molecule has 0 rings (SSSR count). The van der Waals surface area contributed by atoms with Gasteiger partial charge in [0, 0.05) is 0 Å². The highest BCUT2D eigenvalue weighted by Gasteiger charge is 2.09. The molecule has 0 heterocycles. The fraction of sp³-hybridized carbons (Fsp3) is 1.00. The van der Waals surface area contributed by atoms with Crippen molar-refractivity contribution in [3.8, 4) is 0 Å². The van der Waals surface area contributed by atoms with Crippen molar-refractivity contribution in [2.24, 2.45) is 5.92 Å². The van der Waals surface area contributed by atoms with Crippen LogP contribution in [0.5, 0.6) is 0 Å². The lowest BCUT2D eigenvalue weighted by Gasteiger charge is -2.17. The summed E-state index contributed by atoms with van der Waals surface area (Å²) >= 11 is 0. The molecule has 0 bridgehead atoms. The van der Waals surface area contributed by atoms with Crippen LogP contribution in [0, 0.1) is 5.92 Å². The zero-order valence-corrected chi connectivity index (χ0v) is 9.55. The molecule has 1 N–H and O–H groups in total. The van der Waals surface area contributed by atoms with Gasteiger partial charge in [0.2, 0.25) is 0 Å². The maximum atomic E-state index is 9.31. The van der Waals surface area contributed by atoms with Crippen LogP contribution in [0.15, 0.2) is 0 Å². The van der Waals surface area contributed by atoms with Crippen LogP contribution in [-0.4, -0.2) is 11.2 Å². The summed E-state index contributed by atoms with van der Waals surface area (Å²) < 4.78 is 0. The van der Waals surface area contributed by atoms with Crippen LogP contribution in [0.3, 0.4) is 0 Å². The van der Waals surface area contributed by atoms with E-state index in [0.29, 0.717) is 0 Å². The van der Waals surface area contributed by atoms with Gasteiger partial charge in [-0.05, 0) is 19.3 Å². The highest BCUT2D eigenvalue weighted by molar-refractivity contribution is 4.62. The second-order valence-electron chi connectivity index (χ2n) is 4.24. The summed E-state index contributed by atoms with van der Waals surface area (Å²) in [6.07, 6.45) is 8.72. The molecule has 0 amide bonds. The van der Waals surface area contributed by atoms with Crippen molar-refractivity contribution in [1.29, 1.82) is 0 Å². The quantitative estimate of drug-likeness (QED) is 0.572. The van der Waals surface area contributed by atoms with Gasteiger partial charge in [0.1, 0.15) is 0 Å². The van der Waals surface area contributed by atoms with Gasteiger partial charge in [-0.15, -0.1) is 0 Å². The van der Waals surface area contributed by atoms with E-state index >= 15 is 0 Å². The Hall–Kier alpha value is -0.0400. The van der Waals surface area contributed by atoms with Crippen molar-refractivity contribution in [1.82, 2.24) is 0 Å². The van der Waals surface area contributed by atoms with E-state index in [1.165, 1.54) is 38.5 Å². The number of rotatable bonds is 8. The van der Waals surface area contributed by atoms with E-state index in [4.69, 9.17) is 0 Å². The molecule has 0 aliphatic heterocycles. The number of hydrogen-bond donors (Lipinski definition) is 1. The molecule has 1 heteroatoms. The molecule has 0 fully saturated rings. The predicted octanol–water partition coefficient (Wildman–Crippen LogP) is 3.75. The summed E-state index contributed by atoms with van der Waals surface area (Å²) in [4.78, 5) is 0. The lowest BCUT2D eigenvalue weighted by Crippen LogP contribution is -2.10. The Balaban J connectivity index is 3.53. The first-order valence-electron chi connectivity index (χ1n) is 5.88. The minimum Gasteiger partial charge on any atom is -0.393 e. The molecule has 0 aliphatic carbocycles. The highest BCUT2D eigenvalue weighted by atomic mass is 16.3. The molecule has 13 heavy (non-hydrogen) atoms. The molecule has 0 saturated carbocycles. The SMILES string of the molecule is CCCCCC(CCC)CC(C)O. The van der Waals surface area contributed by atoms with Crippen molar-refractivity contribution < 1.29 is 5.11 Å². The topological polar surface area (TPSA) is 20.2 Å². The molecular weight excluding hydrogens is 160 g/mol. The molecule has 1 nitrogen and oxygen atoms in total. The molecule has 2 unspecified atom stereocenters. The zero-order valence-electron chi connectivity index (χ0n) is 9.55. The molecule has 2 atom stereocenters. The standard InChI is InChI=1S/C12H26O/c1-4-6-7-9-12(8-5-2)10-11(3)13/h11-13H,4-10H2,1-3H3. The zero-order chi connectivity index (χ0) is 10.1. The van der Waals surface area contributed by atoms with Gasteiger partial charge < -0.3 is 5.11 Å². The maximum Gasteiger partial charge on any atom is 0.0514 e. The summed E-state index contributed by atoms with van der Waals surface area (Å²) in [6.45, 7) is 6.38. The number of aliphatic hydroxyl groups is 1. The average molecular weight is 186 g/mol. The van der Waals surface area contributed by atoms with Crippen molar-refractivity contribution in [2.45, 2.75) is 71.8 Å². The predicted molar refractivity (Wildman–Crippen MR) is 58.8 cm³/mol. The third kappa shape index (κ3) is 8.29. The van der Waals surface area contributed by atoms with E-state index in [2.05, 4.69) is 13.8 Å². The normalized spacial score (nSPS) is 15.7. The Morgan fingerprint density at radius 3 is 2.15 bits per heavy atom. The number of unbranched alkanes of at least 4 members (excludes halogenated alkanes) is 2. The van der Waals surface area contributed by atoms with E-state index in [-0.39, 0.29) is 6.10 Å². The summed E-state index contributed by atoms with van der Waals surface area (Å²) in [5.74, 6) is 0.761. The van der Waals surface area contributed by atoms with E-state index < -0.39 is 0 Å². The van der Waals surface area contributed by atoms with Gasteiger partial charge in [0.15, 0.2) is 0 Å². The van der Waals surface area contributed by atoms with Gasteiger partial charge in [-0.3, -0.25) is 0 Å². The molecular formula is C12H26O. The minimum atomic E-state index is -0.113. The summed E-state index contributed by atoms with van der Waals surface area (Å²) in [5.41, 5.74) is 0. The lowest BCUT2D eigenvalue weighted by atomic mass is 9.91. The molecule has 0 aliphatic rings.